The highest BCUT2D eigenvalue weighted by Gasteiger charge is 2.17. The molecule has 0 bridgehead atoms. The van der Waals surface area contributed by atoms with Crippen LogP contribution < -0.4 is 0 Å². The predicted molar refractivity (Wildman–Crippen MR) is 195 cm³/mol. The number of carbonyl (C=O) groups is 2. The zero-order valence-corrected chi connectivity index (χ0v) is 33.3. The second-order valence-corrected chi connectivity index (χ2v) is 19.2. The minimum Gasteiger partial charge on any atom is -0.461 e. The molecule has 0 heterocycles. The van der Waals surface area contributed by atoms with E-state index in [1.807, 2.05) is 0 Å². The lowest BCUT2D eigenvalue weighted by Crippen LogP contribution is -2.08. The fraction of sp³-hybridized carbons (Fsp3) is 0.357. The van der Waals surface area contributed by atoms with E-state index >= 15 is 0 Å². The lowest BCUT2D eigenvalue weighted by Gasteiger charge is -2.16. The molecule has 0 aliphatic carbocycles. The molecule has 2 unspecified atom stereocenters. The van der Waals surface area contributed by atoms with Crippen LogP contribution in [-0.4, -0.2) is 45.8 Å². The zero-order chi connectivity index (χ0) is 30.7. The van der Waals surface area contributed by atoms with Crippen molar-refractivity contribution in [3.8, 4) is 0 Å². The Morgan fingerprint density at radius 1 is 0.707 bits per heavy atom. The molecule has 0 aromatic heterocycles. The molecule has 2 atom stereocenters. The molecular formula is C28H30Br4O4S5. The molecule has 13 heteroatoms. The number of esters is 2. The van der Waals surface area contributed by atoms with Gasteiger partial charge >= 0.3 is 11.9 Å². The maximum Gasteiger partial charge on any atom is 0.333 e. The van der Waals surface area contributed by atoms with Gasteiger partial charge in [0.25, 0.3) is 0 Å². The molecule has 41 heavy (non-hydrogen) atoms. The molecule has 2 aromatic carbocycles. The van der Waals surface area contributed by atoms with Crippen LogP contribution in [0.5, 0.6) is 0 Å². The first-order chi connectivity index (χ1) is 19.3. The number of thioether (sulfide) groups is 4. The van der Waals surface area contributed by atoms with Crippen LogP contribution in [0.1, 0.15) is 27.7 Å². The summed E-state index contributed by atoms with van der Waals surface area (Å²) in [7, 11) is 0. The lowest BCUT2D eigenvalue weighted by molar-refractivity contribution is -0.139. The first kappa shape index (κ1) is 37.7. The number of ether oxygens (including phenoxy) is 2. The number of hydrogen-bond donors (Lipinski definition) is 0. The standard InChI is InChI=1S/C28H30Br4O4S5/c1-15(2)27(33)35-7-9-37-17(5)39-25-21(29)11-19(12-22(25)30)41-20-13-23(31)26(24(32)14-20)40-18(6)38-10-8-36-28(34)16(3)4/h11-14,17-18H,1,3,7-10H2,2,4-6H3. The Kier molecular flexibility index (Phi) is 17.6. The molecule has 0 saturated heterocycles. The average molecular weight is 910 g/mol. The van der Waals surface area contributed by atoms with Gasteiger partial charge in [0.15, 0.2) is 0 Å². The normalized spacial score (nSPS) is 12.5. The van der Waals surface area contributed by atoms with Crippen molar-refractivity contribution in [2.45, 2.75) is 56.4 Å². The summed E-state index contributed by atoms with van der Waals surface area (Å²) in [5.74, 6) is 0.746. The summed E-state index contributed by atoms with van der Waals surface area (Å²) in [6, 6.07) is 8.53. The number of halogens is 4. The highest BCUT2D eigenvalue weighted by molar-refractivity contribution is 9.11. The molecule has 0 N–H and O–H groups in total. The van der Waals surface area contributed by atoms with Gasteiger partial charge in [0, 0.05) is 60.1 Å². The van der Waals surface area contributed by atoms with Crippen molar-refractivity contribution in [3.05, 3.63) is 66.5 Å². The maximum atomic E-state index is 11.5. The third-order valence-electron chi connectivity index (χ3n) is 4.78. The van der Waals surface area contributed by atoms with Crippen molar-refractivity contribution in [2.24, 2.45) is 0 Å². The average Bonchev–Trinajstić information content (AvgIpc) is 2.88. The van der Waals surface area contributed by atoms with Gasteiger partial charge in [-0.3, -0.25) is 0 Å². The second kappa shape index (κ2) is 19.1. The van der Waals surface area contributed by atoms with Gasteiger partial charge in [0.1, 0.15) is 13.2 Å². The Hall–Kier alpha value is 0.530. The van der Waals surface area contributed by atoms with Crippen LogP contribution in [-0.2, 0) is 19.1 Å². The zero-order valence-electron chi connectivity index (χ0n) is 22.9. The van der Waals surface area contributed by atoms with Gasteiger partial charge in [-0.1, -0.05) is 24.9 Å². The third-order valence-corrected chi connectivity index (χ3v) is 14.4. The minimum atomic E-state index is -0.346. The summed E-state index contributed by atoms with van der Waals surface area (Å²) in [4.78, 5) is 27.5. The van der Waals surface area contributed by atoms with Crippen LogP contribution in [0.25, 0.3) is 0 Å². The van der Waals surface area contributed by atoms with E-state index in [2.05, 4.69) is 115 Å². The van der Waals surface area contributed by atoms with Gasteiger partial charge in [0.05, 0.1) is 9.16 Å². The molecule has 0 radical (unpaired) electrons. The molecule has 0 aliphatic heterocycles. The fourth-order valence-corrected chi connectivity index (χ4v) is 12.0. The van der Waals surface area contributed by atoms with E-state index in [4.69, 9.17) is 9.47 Å². The van der Waals surface area contributed by atoms with Crippen molar-refractivity contribution in [1.29, 1.82) is 0 Å². The summed E-state index contributed by atoms with van der Waals surface area (Å²) >= 11 is 23.7. The molecule has 224 valence electrons. The summed E-state index contributed by atoms with van der Waals surface area (Å²) < 4.78 is 15.0. The Bertz CT molecular complexity index is 1130. The van der Waals surface area contributed by atoms with Gasteiger partial charge < -0.3 is 9.47 Å². The van der Waals surface area contributed by atoms with E-state index in [1.54, 1.807) is 72.7 Å². The van der Waals surface area contributed by atoms with E-state index in [-0.39, 0.29) is 21.1 Å². The lowest BCUT2D eigenvalue weighted by atomic mass is 10.4. The van der Waals surface area contributed by atoms with E-state index in [1.165, 1.54) is 0 Å². The summed E-state index contributed by atoms with van der Waals surface area (Å²) in [6.07, 6.45) is 0. The maximum absolute atomic E-state index is 11.5. The van der Waals surface area contributed by atoms with Gasteiger partial charge in [-0.15, -0.1) is 47.0 Å². The van der Waals surface area contributed by atoms with Crippen molar-refractivity contribution in [1.82, 2.24) is 0 Å². The van der Waals surface area contributed by atoms with E-state index in [9.17, 15) is 9.59 Å². The quantitative estimate of drug-likeness (QED) is 0.0539. The number of hydrogen-bond acceptors (Lipinski definition) is 9. The van der Waals surface area contributed by atoms with Crippen molar-refractivity contribution >= 4 is 134 Å². The SMILES string of the molecule is C=C(C)C(=O)OCCSC(C)Sc1c(Br)cc(Sc2cc(Br)c(SC(C)SCCOC(=O)C(=C)C)c(Br)c2)cc1Br. The van der Waals surface area contributed by atoms with Gasteiger partial charge in [0.2, 0.25) is 0 Å². The van der Waals surface area contributed by atoms with Crippen LogP contribution in [0.15, 0.2) is 86.0 Å². The number of rotatable bonds is 16. The Labute approximate surface area is 298 Å². The van der Waals surface area contributed by atoms with Crippen LogP contribution >= 0.6 is 123 Å². The largest absolute Gasteiger partial charge is 0.461 e. The van der Waals surface area contributed by atoms with Crippen LogP contribution in [0.4, 0.5) is 0 Å². The first-order valence-electron chi connectivity index (χ1n) is 12.2. The molecule has 0 fully saturated rings. The second-order valence-electron chi connectivity index (χ2n) is 8.48. The number of carbonyl (C=O) groups excluding carboxylic acids is 2. The monoisotopic (exact) mass is 906 g/mol. The van der Waals surface area contributed by atoms with Gasteiger partial charge in [-0.05, 0) is 116 Å². The molecule has 0 amide bonds. The van der Waals surface area contributed by atoms with E-state index in [0.717, 1.165) is 49.0 Å². The first-order valence-corrected chi connectivity index (χ1v) is 20.0. The van der Waals surface area contributed by atoms with E-state index < -0.39 is 0 Å². The highest BCUT2D eigenvalue weighted by atomic mass is 79.9. The highest BCUT2D eigenvalue weighted by Crippen LogP contribution is 2.46. The summed E-state index contributed by atoms with van der Waals surface area (Å²) in [6.45, 7) is 15.5. The van der Waals surface area contributed by atoms with Crippen LogP contribution in [0, 0.1) is 0 Å². The molecule has 0 saturated carbocycles. The molecule has 0 aliphatic rings. The molecule has 2 rings (SSSR count). The topological polar surface area (TPSA) is 52.6 Å². The molecule has 4 nitrogen and oxygen atoms in total. The smallest absolute Gasteiger partial charge is 0.333 e. The molecule has 0 spiro atoms. The van der Waals surface area contributed by atoms with Crippen molar-refractivity contribution in [2.75, 3.05) is 24.7 Å². The Balaban J connectivity index is 1.95. The number of benzene rings is 2. The van der Waals surface area contributed by atoms with Crippen molar-refractivity contribution in [3.63, 3.8) is 0 Å². The Morgan fingerprint density at radius 3 is 1.32 bits per heavy atom. The molecule has 2 aromatic rings. The Morgan fingerprint density at radius 2 is 1.02 bits per heavy atom. The van der Waals surface area contributed by atoms with Gasteiger partial charge in [-0.2, -0.15) is 0 Å². The van der Waals surface area contributed by atoms with E-state index in [0.29, 0.717) is 24.4 Å². The summed E-state index contributed by atoms with van der Waals surface area (Å²) in [5.41, 5.74) is 0.831. The molecular weight excluding hydrogens is 880 g/mol. The van der Waals surface area contributed by atoms with Crippen LogP contribution in [0.2, 0.25) is 0 Å². The third kappa shape index (κ3) is 13.6. The fourth-order valence-electron chi connectivity index (χ4n) is 2.90. The van der Waals surface area contributed by atoms with Gasteiger partial charge in [-0.25, -0.2) is 9.59 Å². The van der Waals surface area contributed by atoms with Crippen molar-refractivity contribution < 1.29 is 19.1 Å². The predicted octanol–water partition coefficient (Wildman–Crippen LogP) is 11.5. The summed E-state index contributed by atoms with van der Waals surface area (Å²) in [5, 5.41) is 0. The minimum absolute atomic E-state index is 0.272. The van der Waals surface area contributed by atoms with Crippen LogP contribution in [0.3, 0.4) is 0 Å².